The number of nitrogens with zero attached hydrogens (tertiary/aromatic N) is 1. The first-order chi connectivity index (χ1) is 14.3. The molecule has 2 aromatic rings. The smallest absolute Gasteiger partial charge is 0.240 e. The summed E-state index contributed by atoms with van der Waals surface area (Å²) in [4.78, 5) is 13.9. The van der Waals surface area contributed by atoms with E-state index >= 15 is 0 Å². The van der Waals surface area contributed by atoms with Crippen LogP contribution in [0.5, 0.6) is 11.5 Å². The van der Waals surface area contributed by atoms with Gasteiger partial charge in [0.05, 0.1) is 28.2 Å². The Labute approximate surface area is 185 Å². The zero-order valence-corrected chi connectivity index (χ0v) is 18.7. The second-order valence-electron chi connectivity index (χ2n) is 6.77. The fourth-order valence-corrected chi connectivity index (χ4v) is 4.32. The third-order valence-corrected chi connectivity index (χ3v) is 6.84. The molecular formula is C20H22Cl2N2O5S. The Hall–Kier alpha value is -2.00. The largest absolute Gasteiger partial charge is 0.490 e. The lowest BCUT2D eigenvalue weighted by molar-refractivity contribution is -0.130. The first-order valence-corrected chi connectivity index (χ1v) is 11.6. The van der Waals surface area contributed by atoms with Gasteiger partial charge in [0.15, 0.2) is 11.5 Å². The van der Waals surface area contributed by atoms with Crippen LogP contribution in [0.25, 0.3) is 0 Å². The molecule has 2 aromatic carbocycles. The molecule has 0 saturated heterocycles. The molecule has 30 heavy (non-hydrogen) atoms. The van der Waals surface area contributed by atoms with Crippen LogP contribution in [0.15, 0.2) is 41.3 Å². The molecule has 0 radical (unpaired) electrons. The molecule has 0 aromatic heterocycles. The molecule has 7 nitrogen and oxygen atoms in total. The molecule has 1 heterocycles. The molecular weight excluding hydrogens is 451 g/mol. The van der Waals surface area contributed by atoms with Gasteiger partial charge >= 0.3 is 0 Å². The molecule has 0 spiro atoms. The van der Waals surface area contributed by atoms with Gasteiger partial charge in [-0.25, -0.2) is 13.1 Å². The molecule has 0 atom stereocenters. The summed E-state index contributed by atoms with van der Waals surface area (Å²) < 4.78 is 38.6. The van der Waals surface area contributed by atoms with Gasteiger partial charge in [0, 0.05) is 39.0 Å². The van der Waals surface area contributed by atoms with Crippen molar-refractivity contribution >= 4 is 39.1 Å². The number of amides is 1. The number of sulfonamides is 1. The average Bonchev–Trinajstić information content (AvgIpc) is 2.96. The maximum atomic E-state index is 12.6. The Morgan fingerprint density at radius 2 is 1.87 bits per heavy atom. The summed E-state index contributed by atoms with van der Waals surface area (Å²) >= 11 is 12.1. The summed E-state index contributed by atoms with van der Waals surface area (Å²) in [5.41, 5.74) is 0.716. The second kappa shape index (κ2) is 9.87. The van der Waals surface area contributed by atoms with Gasteiger partial charge in [-0.1, -0.05) is 35.3 Å². The van der Waals surface area contributed by atoms with Crippen molar-refractivity contribution in [3.8, 4) is 11.5 Å². The molecule has 0 fully saturated rings. The predicted molar refractivity (Wildman–Crippen MR) is 115 cm³/mol. The zero-order chi connectivity index (χ0) is 21.7. The van der Waals surface area contributed by atoms with Crippen molar-refractivity contribution in [2.45, 2.75) is 24.3 Å². The van der Waals surface area contributed by atoms with E-state index in [-0.39, 0.29) is 30.3 Å². The molecule has 0 saturated carbocycles. The van der Waals surface area contributed by atoms with Gasteiger partial charge in [-0.15, -0.1) is 0 Å². The minimum atomic E-state index is -3.79. The Morgan fingerprint density at radius 1 is 1.13 bits per heavy atom. The monoisotopic (exact) mass is 472 g/mol. The van der Waals surface area contributed by atoms with Crippen LogP contribution in [0.2, 0.25) is 10.0 Å². The summed E-state index contributed by atoms with van der Waals surface area (Å²) in [7, 11) is -2.17. The Balaban J connectivity index is 1.56. The van der Waals surface area contributed by atoms with Gasteiger partial charge in [-0.3, -0.25) is 4.79 Å². The van der Waals surface area contributed by atoms with E-state index in [4.69, 9.17) is 32.7 Å². The van der Waals surface area contributed by atoms with Crippen LogP contribution >= 0.6 is 23.2 Å². The first kappa shape index (κ1) is 22.7. The van der Waals surface area contributed by atoms with Gasteiger partial charge < -0.3 is 14.4 Å². The topological polar surface area (TPSA) is 84.9 Å². The number of hydrogen-bond donors (Lipinski definition) is 1. The maximum Gasteiger partial charge on any atom is 0.240 e. The molecule has 3 rings (SSSR count). The van der Waals surface area contributed by atoms with E-state index in [1.807, 2.05) is 0 Å². The van der Waals surface area contributed by atoms with Crippen LogP contribution in [0.3, 0.4) is 0 Å². The van der Waals surface area contributed by atoms with Crippen molar-refractivity contribution in [2.24, 2.45) is 0 Å². The molecule has 0 unspecified atom stereocenters. The standard InChI is InChI=1S/C20H22Cl2N2O5S/c1-24(13-14-4-2-5-16(21)20(14)22)19(25)8-9-23-30(26,27)15-6-7-17-18(12-15)29-11-3-10-28-17/h2,4-7,12,23H,3,8-11,13H2,1H3. The number of ether oxygens (including phenoxy) is 2. The van der Waals surface area contributed by atoms with E-state index < -0.39 is 10.0 Å². The van der Waals surface area contributed by atoms with E-state index in [0.717, 1.165) is 6.42 Å². The molecule has 162 valence electrons. The first-order valence-electron chi connectivity index (χ1n) is 9.34. The SMILES string of the molecule is CN(Cc1cccc(Cl)c1Cl)C(=O)CCNS(=O)(=O)c1ccc2c(c1)OCCCO2. The predicted octanol–water partition coefficient (Wildman–Crippen LogP) is 3.48. The fraction of sp³-hybridized carbons (Fsp3) is 0.350. The molecule has 0 bridgehead atoms. The van der Waals surface area contributed by atoms with Gasteiger partial charge in [0.25, 0.3) is 0 Å². The summed E-state index contributed by atoms with van der Waals surface area (Å²) in [6.07, 6.45) is 0.726. The molecule has 1 aliphatic heterocycles. The third kappa shape index (κ3) is 5.57. The number of halogens is 2. The second-order valence-corrected chi connectivity index (χ2v) is 9.32. The van der Waals surface area contributed by atoms with Crippen LogP contribution in [0.4, 0.5) is 0 Å². The summed E-state index contributed by atoms with van der Waals surface area (Å²) in [5.74, 6) is 0.680. The number of carbonyl (C=O) groups is 1. The minimum Gasteiger partial charge on any atom is -0.490 e. The van der Waals surface area contributed by atoms with Gasteiger partial charge in [0.2, 0.25) is 15.9 Å². The lowest BCUT2D eigenvalue weighted by atomic mass is 10.2. The van der Waals surface area contributed by atoms with Crippen LogP contribution in [0, 0.1) is 0 Å². The van der Waals surface area contributed by atoms with Gasteiger partial charge in [0.1, 0.15) is 0 Å². The number of carbonyl (C=O) groups excluding carboxylic acids is 1. The van der Waals surface area contributed by atoms with Gasteiger partial charge in [-0.2, -0.15) is 0 Å². The van der Waals surface area contributed by atoms with E-state index in [1.54, 1.807) is 31.3 Å². The quantitative estimate of drug-likeness (QED) is 0.666. The highest BCUT2D eigenvalue weighted by Crippen LogP contribution is 2.32. The zero-order valence-electron chi connectivity index (χ0n) is 16.4. The van der Waals surface area contributed by atoms with E-state index in [1.165, 1.54) is 17.0 Å². The van der Waals surface area contributed by atoms with E-state index in [0.29, 0.717) is 40.3 Å². The summed E-state index contributed by atoms with van der Waals surface area (Å²) in [6.45, 7) is 1.21. The number of nitrogens with one attached hydrogen (secondary N) is 1. The van der Waals surface area contributed by atoms with Crippen molar-refractivity contribution in [2.75, 3.05) is 26.8 Å². The Morgan fingerprint density at radius 3 is 2.63 bits per heavy atom. The number of fused-ring (bicyclic) bond motifs is 1. The van der Waals surface area contributed by atoms with Crippen molar-refractivity contribution in [3.63, 3.8) is 0 Å². The Kier molecular flexibility index (Phi) is 7.46. The van der Waals surface area contributed by atoms with E-state index in [9.17, 15) is 13.2 Å². The van der Waals surface area contributed by atoms with E-state index in [2.05, 4.69) is 4.72 Å². The van der Waals surface area contributed by atoms with Gasteiger partial charge in [-0.05, 0) is 23.8 Å². The highest BCUT2D eigenvalue weighted by Gasteiger charge is 2.19. The fourth-order valence-electron chi connectivity index (χ4n) is 2.89. The molecule has 1 N–H and O–H groups in total. The lowest BCUT2D eigenvalue weighted by Crippen LogP contribution is -2.32. The van der Waals surface area contributed by atoms with Crippen LogP contribution < -0.4 is 14.2 Å². The number of rotatable bonds is 7. The number of hydrogen-bond acceptors (Lipinski definition) is 5. The van der Waals surface area contributed by atoms with Crippen LogP contribution in [-0.2, 0) is 21.4 Å². The normalized spacial score (nSPS) is 13.6. The third-order valence-electron chi connectivity index (χ3n) is 4.53. The highest BCUT2D eigenvalue weighted by molar-refractivity contribution is 7.89. The van der Waals surface area contributed by atoms with Crippen molar-refractivity contribution in [1.82, 2.24) is 9.62 Å². The highest BCUT2D eigenvalue weighted by atomic mass is 35.5. The number of benzene rings is 2. The Bertz CT molecular complexity index is 1030. The van der Waals surface area contributed by atoms with Crippen LogP contribution in [0.1, 0.15) is 18.4 Å². The summed E-state index contributed by atoms with van der Waals surface area (Å²) in [6, 6.07) is 9.66. The minimum absolute atomic E-state index is 0.00152. The molecule has 10 heteroatoms. The summed E-state index contributed by atoms with van der Waals surface area (Å²) in [5, 5.41) is 0.812. The maximum absolute atomic E-state index is 12.6. The molecule has 1 amide bonds. The van der Waals surface area contributed by atoms with Crippen LogP contribution in [-0.4, -0.2) is 46.0 Å². The molecule has 1 aliphatic rings. The van der Waals surface area contributed by atoms with Crippen molar-refractivity contribution in [3.05, 3.63) is 52.0 Å². The van der Waals surface area contributed by atoms with Crippen molar-refractivity contribution < 1.29 is 22.7 Å². The molecule has 0 aliphatic carbocycles. The average molecular weight is 473 g/mol. The lowest BCUT2D eigenvalue weighted by Gasteiger charge is -2.18. The van der Waals surface area contributed by atoms with Crippen molar-refractivity contribution in [1.29, 1.82) is 0 Å².